The number of nitrogens with zero attached hydrogens (tertiary/aromatic N) is 2. The van der Waals surface area contributed by atoms with Crippen LogP contribution < -0.4 is 15.7 Å². The van der Waals surface area contributed by atoms with Gasteiger partial charge in [-0.3, -0.25) is 14.7 Å². The van der Waals surface area contributed by atoms with E-state index in [1.165, 1.54) is 10.9 Å². The van der Waals surface area contributed by atoms with Gasteiger partial charge in [0.1, 0.15) is 5.75 Å². The first-order valence-electron chi connectivity index (χ1n) is 7.94. The maximum atomic E-state index is 12.5. The molecule has 1 amide bonds. The monoisotopic (exact) mass is 350 g/mol. The zero-order chi connectivity index (χ0) is 18.5. The molecule has 3 aromatic rings. The van der Waals surface area contributed by atoms with Gasteiger partial charge in [-0.25, -0.2) is 10.1 Å². The minimum Gasteiger partial charge on any atom is -0.497 e. The Labute approximate surface area is 149 Å². The molecule has 0 saturated heterocycles. The number of H-pyrrole nitrogens is 1. The Balaban J connectivity index is 1.75. The fraction of sp³-hybridized carbons (Fsp3) is 0.105. The lowest BCUT2D eigenvalue weighted by molar-refractivity contribution is 0.0955. The Morgan fingerprint density at radius 1 is 1.15 bits per heavy atom. The number of benzene rings is 2. The van der Waals surface area contributed by atoms with Gasteiger partial charge in [0.2, 0.25) is 0 Å². The molecule has 1 aromatic heterocycles. The Hall–Kier alpha value is -3.61. The highest BCUT2D eigenvalue weighted by molar-refractivity contribution is 5.95. The summed E-state index contributed by atoms with van der Waals surface area (Å²) < 4.78 is 6.48. The number of aromatic nitrogens is 2. The van der Waals surface area contributed by atoms with Crippen LogP contribution in [0.15, 0.2) is 64.5 Å². The molecule has 0 radical (unpaired) electrons. The number of hydrogen-bond donors (Lipinski definition) is 2. The molecule has 0 aliphatic carbocycles. The van der Waals surface area contributed by atoms with Crippen LogP contribution in [0, 0.1) is 6.92 Å². The molecule has 0 saturated carbocycles. The highest BCUT2D eigenvalue weighted by Gasteiger charge is 2.10. The maximum Gasteiger partial charge on any atom is 0.280 e. The minimum absolute atomic E-state index is 0.240. The van der Waals surface area contributed by atoms with Crippen LogP contribution in [0.2, 0.25) is 0 Å². The molecule has 132 valence electrons. The molecular formula is C19H18N4O3. The predicted molar refractivity (Wildman–Crippen MR) is 99.2 cm³/mol. The summed E-state index contributed by atoms with van der Waals surface area (Å²) in [5, 5.41) is 6.90. The number of hydrogen-bond acceptors (Lipinski definition) is 4. The van der Waals surface area contributed by atoms with Gasteiger partial charge in [-0.15, -0.1) is 0 Å². The van der Waals surface area contributed by atoms with Gasteiger partial charge in [-0.05, 0) is 43.3 Å². The fourth-order valence-corrected chi connectivity index (χ4v) is 2.43. The van der Waals surface area contributed by atoms with E-state index in [0.717, 1.165) is 5.69 Å². The van der Waals surface area contributed by atoms with Crippen molar-refractivity contribution in [1.82, 2.24) is 15.2 Å². The van der Waals surface area contributed by atoms with Crippen molar-refractivity contribution in [2.75, 3.05) is 7.11 Å². The van der Waals surface area contributed by atoms with E-state index in [9.17, 15) is 9.59 Å². The second-order valence-corrected chi connectivity index (χ2v) is 5.55. The summed E-state index contributed by atoms with van der Waals surface area (Å²) in [4.78, 5) is 24.6. The normalized spacial score (nSPS) is 10.8. The quantitative estimate of drug-likeness (QED) is 0.546. The molecule has 0 atom stereocenters. The van der Waals surface area contributed by atoms with Gasteiger partial charge in [0.05, 0.1) is 24.6 Å². The molecule has 0 unspecified atom stereocenters. The zero-order valence-corrected chi connectivity index (χ0v) is 14.4. The van der Waals surface area contributed by atoms with Crippen molar-refractivity contribution < 1.29 is 9.53 Å². The number of aryl methyl sites for hydroxylation is 1. The number of nitrogens with one attached hydrogen (secondary N) is 2. The first-order valence-corrected chi connectivity index (χ1v) is 7.94. The van der Waals surface area contributed by atoms with E-state index in [4.69, 9.17) is 4.74 Å². The average Bonchev–Trinajstić information content (AvgIpc) is 2.97. The largest absolute Gasteiger partial charge is 0.497 e. The fourth-order valence-electron chi connectivity index (χ4n) is 2.43. The second kappa shape index (κ2) is 7.52. The van der Waals surface area contributed by atoms with Crippen LogP contribution in [0.5, 0.6) is 5.75 Å². The molecule has 7 heteroatoms. The summed E-state index contributed by atoms with van der Waals surface area (Å²) in [6.07, 6.45) is 1.34. The lowest BCUT2D eigenvalue weighted by atomic mass is 10.2. The number of rotatable bonds is 5. The molecule has 26 heavy (non-hydrogen) atoms. The van der Waals surface area contributed by atoms with E-state index in [1.54, 1.807) is 38.3 Å². The van der Waals surface area contributed by atoms with Gasteiger partial charge >= 0.3 is 0 Å². The summed E-state index contributed by atoms with van der Waals surface area (Å²) in [5.74, 6) is 0.287. The van der Waals surface area contributed by atoms with Crippen LogP contribution >= 0.6 is 0 Å². The zero-order valence-electron chi connectivity index (χ0n) is 14.4. The van der Waals surface area contributed by atoms with Gasteiger partial charge in [0, 0.05) is 11.3 Å². The number of aromatic amines is 1. The number of hydrazone groups is 1. The van der Waals surface area contributed by atoms with Crippen molar-refractivity contribution in [2.24, 2.45) is 5.10 Å². The van der Waals surface area contributed by atoms with Crippen molar-refractivity contribution in [3.8, 4) is 11.4 Å². The molecule has 2 aromatic carbocycles. The predicted octanol–water partition coefficient (Wildman–Crippen LogP) is 2.25. The van der Waals surface area contributed by atoms with Crippen LogP contribution in [-0.4, -0.2) is 29.0 Å². The second-order valence-electron chi connectivity index (χ2n) is 5.55. The molecule has 0 aliphatic rings. The summed E-state index contributed by atoms with van der Waals surface area (Å²) in [5.41, 5.74) is 4.37. The van der Waals surface area contributed by atoms with Gasteiger partial charge in [0.15, 0.2) is 0 Å². The third-order valence-corrected chi connectivity index (χ3v) is 3.84. The van der Waals surface area contributed by atoms with E-state index < -0.39 is 0 Å². The molecular weight excluding hydrogens is 332 g/mol. The Bertz CT molecular complexity index is 986. The van der Waals surface area contributed by atoms with Crippen molar-refractivity contribution >= 4 is 12.1 Å². The number of carbonyl (C=O) groups excluding carboxylic acids is 1. The molecule has 3 rings (SSSR count). The number of carbonyl (C=O) groups is 1. The summed E-state index contributed by atoms with van der Waals surface area (Å²) in [6, 6.07) is 15.9. The number of amides is 1. The van der Waals surface area contributed by atoms with Gasteiger partial charge in [0.25, 0.3) is 11.5 Å². The van der Waals surface area contributed by atoms with Crippen LogP contribution in [0.3, 0.4) is 0 Å². The summed E-state index contributed by atoms with van der Waals surface area (Å²) in [6.45, 7) is 1.77. The van der Waals surface area contributed by atoms with E-state index in [2.05, 4.69) is 15.6 Å². The van der Waals surface area contributed by atoms with E-state index >= 15 is 0 Å². The molecule has 0 spiro atoms. The first-order chi connectivity index (χ1) is 12.6. The molecule has 0 fully saturated rings. The first kappa shape index (κ1) is 17.2. The standard InChI is InChI=1S/C19H18N4O3/c1-13-17(19(25)23(22-13)15-6-4-3-5-7-15)12-20-21-18(24)14-8-10-16(26-2)11-9-14/h3-12,22H,1-2H3,(H,21,24)/b20-12+. The van der Waals surface area contributed by atoms with Crippen molar-refractivity contribution in [1.29, 1.82) is 0 Å². The SMILES string of the molecule is COc1ccc(C(=O)N/N=C/c2c(C)[nH]n(-c3ccccc3)c2=O)cc1. The van der Waals surface area contributed by atoms with Crippen LogP contribution in [0.1, 0.15) is 21.6 Å². The van der Waals surface area contributed by atoms with E-state index in [0.29, 0.717) is 22.6 Å². The number of para-hydroxylation sites is 1. The van der Waals surface area contributed by atoms with Gasteiger partial charge in [-0.2, -0.15) is 5.10 Å². The van der Waals surface area contributed by atoms with Crippen LogP contribution in [0.4, 0.5) is 0 Å². The Kier molecular flexibility index (Phi) is 4.98. The highest BCUT2D eigenvalue weighted by atomic mass is 16.5. The molecule has 7 nitrogen and oxygen atoms in total. The van der Waals surface area contributed by atoms with Crippen molar-refractivity contribution in [3.05, 3.63) is 81.8 Å². The van der Waals surface area contributed by atoms with Gasteiger partial charge in [-0.1, -0.05) is 18.2 Å². The molecule has 0 aliphatic heterocycles. The van der Waals surface area contributed by atoms with Gasteiger partial charge < -0.3 is 4.74 Å². The average molecular weight is 350 g/mol. The molecule has 0 bridgehead atoms. The van der Waals surface area contributed by atoms with Crippen LogP contribution in [0.25, 0.3) is 5.69 Å². The van der Waals surface area contributed by atoms with Crippen molar-refractivity contribution in [3.63, 3.8) is 0 Å². The highest BCUT2D eigenvalue weighted by Crippen LogP contribution is 2.11. The smallest absolute Gasteiger partial charge is 0.280 e. The van der Waals surface area contributed by atoms with E-state index in [-0.39, 0.29) is 11.5 Å². The maximum absolute atomic E-state index is 12.5. The Morgan fingerprint density at radius 3 is 2.50 bits per heavy atom. The summed E-state index contributed by atoms with van der Waals surface area (Å²) >= 11 is 0. The van der Waals surface area contributed by atoms with Crippen LogP contribution in [-0.2, 0) is 0 Å². The third kappa shape index (κ3) is 3.56. The minimum atomic E-state index is -0.375. The van der Waals surface area contributed by atoms with Crippen molar-refractivity contribution in [2.45, 2.75) is 6.92 Å². The third-order valence-electron chi connectivity index (χ3n) is 3.84. The molecule has 1 heterocycles. The Morgan fingerprint density at radius 2 is 1.85 bits per heavy atom. The molecule has 2 N–H and O–H groups in total. The lowest BCUT2D eigenvalue weighted by Gasteiger charge is -2.01. The van der Waals surface area contributed by atoms with E-state index in [1.807, 2.05) is 30.3 Å². The summed E-state index contributed by atoms with van der Waals surface area (Å²) in [7, 11) is 1.56. The topological polar surface area (TPSA) is 88.5 Å². The number of ether oxygens (including phenoxy) is 1. The lowest BCUT2D eigenvalue weighted by Crippen LogP contribution is -2.20. The number of methoxy groups -OCH3 is 1.